The van der Waals surface area contributed by atoms with Crippen molar-refractivity contribution in [2.24, 2.45) is 0 Å². The van der Waals surface area contributed by atoms with Gasteiger partial charge < -0.3 is 19.9 Å². The lowest BCUT2D eigenvalue weighted by atomic mass is 10.1. The van der Waals surface area contributed by atoms with Crippen LogP contribution in [-0.4, -0.2) is 22.2 Å². The molecule has 2 atom stereocenters. The van der Waals surface area contributed by atoms with Crippen molar-refractivity contribution >= 4 is 38.9 Å². The van der Waals surface area contributed by atoms with E-state index in [2.05, 4.69) is 36.7 Å². The summed E-state index contributed by atoms with van der Waals surface area (Å²) in [5, 5.41) is 12.3. The van der Waals surface area contributed by atoms with Gasteiger partial charge in [-0.25, -0.2) is 0 Å². The zero-order valence-corrected chi connectivity index (χ0v) is 17.8. The molecule has 0 saturated carbocycles. The lowest BCUT2D eigenvalue weighted by molar-refractivity contribution is -0.123. The Morgan fingerprint density at radius 2 is 2.25 bits per heavy atom. The number of fused-ring (bicyclic) bond motifs is 1. The van der Waals surface area contributed by atoms with Gasteiger partial charge >= 0.3 is 0 Å². The molecule has 1 amide bonds. The van der Waals surface area contributed by atoms with E-state index in [-0.39, 0.29) is 11.9 Å². The van der Waals surface area contributed by atoms with E-state index in [1.165, 1.54) is 0 Å². The van der Waals surface area contributed by atoms with Crippen LogP contribution >= 0.6 is 27.3 Å². The van der Waals surface area contributed by atoms with Crippen molar-refractivity contribution in [1.29, 1.82) is 0 Å². The second kappa shape index (κ2) is 8.02. The van der Waals surface area contributed by atoms with Crippen molar-refractivity contribution in [2.45, 2.75) is 39.0 Å². The Kier molecular flexibility index (Phi) is 5.47. The minimum Gasteiger partial charge on any atom is -0.478 e. The van der Waals surface area contributed by atoms with E-state index >= 15 is 0 Å². The topological polar surface area (TPSA) is 89.3 Å². The predicted octanol–water partition coefficient (Wildman–Crippen LogP) is 4.52. The van der Waals surface area contributed by atoms with Crippen molar-refractivity contribution < 1.29 is 14.1 Å². The molecule has 0 bridgehead atoms. The number of hydrogen-bond donors (Lipinski definition) is 2. The monoisotopic (exact) mass is 462 g/mol. The smallest absolute Gasteiger partial charge is 0.265 e. The number of carbonyl (C=O) groups excluding carboxylic acids is 1. The van der Waals surface area contributed by atoms with Crippen LogP contribution < -0.4 is 15.4 Å². The normalized spacial score (nSPS) is 17.0. The summed E-state index contributed by atoms with van der Waals surface area (Å²) < 4.78 is 12.2. The number of rotatable bonds is 6. The molecule has 9 heteroatoms. The summed E-state index contributed by atoms with van der Waals surface area (Å²) in [4.78, 5) is 17.3. The average Bonchev–Trinajstić information content (AvgIpc) is 3.34. The van der Waals surface area contributed by atoms with E-state index in [1.807, 2.05) is 43.5 Å². The first-order valence-corrected chi connectivity index (χ1v) is 10.6. The first kappa shape index (κ1) is 19.1. The standard InChI is InChI=1S/C19H19BrN4O3S/c1-3-14-19(25)22-13-5-4-11(6-15(13)26-14)10(2)21-8-17-23-18(24-27-17)16-7-12(20)9-28-16/h4-7,9-10,14,21H,3,8H2,1-2H3,(H,22,25). The number of nitrogens with one attached hydrogen (secondary N) is 2. The van der Waals surface area contributed by atoms with Gasteiger partial charge in [0.25, 0.3) is 5.91 Å². The predicted molar refractivity (Wildman–Crippen MR) is 110 cm³/mol. The molecule has 1 aromatic carbocycles. The van der Waals surface area contributed by atoms with Gasteiger partial charge in [-0.3, -0.25) is 4.79 Å². The maximum atomic E-state index is 11.9. The van der Waals surface area contributed by atoms with Crippen LogP contribution in [0.5, 0.6) is 5.75 Å². The zero-order valence-electron chi connectivity index (χ0n) is 15.4. The first-order chi connectivity index (χ1) is 13.5. The second-order valence-corrected chi connectivity index (χ2v) is 8.33. The Bertz CT molecular complexity index is 1000. The third-order valence-corrected chi connectivity index (χ3v) is 6.20. The second-order valence-electron chi connectivity index (χ2n) is 6.50. The molecule has 146 valence electrons. The van der Waals surface area contributed by atoms with E-state index in [9.17, 15) is 4.79 Å². The Balaban J connectivity index is 1.41. The molecule has 3 aromatic rings. The number of anilines is 1. The molecule has 0 fully saturated rings. The minimum atomic E-state index is -0.444. The number of ether oxygens (including phenoxy) is 1. The Labute approximate surface area is 174 Å². The van der Waals surface area contributed by atoms with Crippen molar-refractivity contribution in [2.75, 3.05) is 5.32 Å². The number of benzene rings is 1. The van der Waals surface area contributed by atoms with Crippen LogP contribution in [0, 0.1) is 0 Å². The number of nitrogens with zero attached hydrogens (tertiary/aromatic N) is 2. The van der Waals surface area contributed by atoms with Gasteiger partial charge in [0.1, 0.15) is 5.75 Å². The molecule has 0 radical (unpaired) electrons. The molecular weight excluding hydrogens is 444 g/mol. The molecule has 2 N–H and O–H groups in total. The van der Waals surface area contributed by atoms with Crippen molar-refractivity contribution in [3.63, 3.8) is 0 Å². The first-order valence-electron chi connectivity index (χ1n) is 8.95. The molecule has 2 aromatic heterocycles. The quantitative estimate of drug-likeness (QED) is 0.559. The number of hydrogen-bond acceptors (Lipinski definition) is 7. The number of aromatic nitrogens is 2. The zero-order chi connectivity index (χ0) is 19.7. The van der Waals surface area contributed by atoms with Crippen LogP contribution in [0.15, 0.2) is 38.6 Å². The van der Waals surface area contributed by atoms with Crippen LogP contribution in [0.4, 0.5) is 5.69 Å². The number of carbonyl (C=O) groups is 1. The molecule has 7 nitrogen and oxygen atoms in total. The SMILES string of the molecule is CCC1Oc2cc(C(C)NCc3nc(-c4cc(Br)cs4)no3)ccc2NC1=O. The molecule has 4 rings (SSSR count). The molecule has 0 spiro atoms. The number of halogens is 1. The Morgan fingerprint density at radius 1 is 1.39 bits per heavy atom. The summed E-state index contributed by atoms with van der Waals surface area (Å²) in [5.74, 6) is 1.71. The highest BCUT2D eigenvalue weighted by Crippen LogP contribution is 2.33. The maximum absolute atomic E-state index is 11.9. The van der Waals surface area contributed by atoms with Gasteiger partial charge in [-0.05, 0) is 53.0 Å². The summed E-state index contributed by atoms with van der Waals surface area (Å²) in [6, 6.07) is 7.79. The van der Waals surface area contributed by atoms with Crippen LogP contribution in [0.3, 0.4) is 0 Å². The lowest BCUT2D eigenvalue weighted by Gasteiger charge is -2.26. The summed E-state index contributed by atoms with van der Waals surface area (Å²) in [6.45, 7) is 4.43. The summed E-state index contributed by atoms with van der Waals surface area (Å²) in [7, 11) is 0. The van der Waals surface area contributed by atoms with Crippen LogP contribution in [-0.2, 0) is 11.3 Å². The van der Waals surface area contributed by atoms with E-state index in [4.69, 9.17) is 9.26 Å². The van der Waals surface area contributed by atoms with Crippen molar-refractivity contribution in [3.8, 4) is 16.5 Å². The summed E-state index contributed by atoms with van der Waals surface area (Å²) in [6.07, 6.45) is 0.184. The fraction of sp³-hybridized carbons (Fsp3) is 0.316. The van der Waals surface area contributed by atoms with Crippen LogP contribution in [0.1, 0.15) is 37.8 Å². The third kappa shape index (κ3) is 3.96. The molecule has 0 saturated heterocycles. The average molecular weight is 463 g/mol. The van der Waals surface area contributed by atoms with Gasteiger partial charge in [0.2, 0.25) is 11.7 Å². The van der Waals surface area contributed by atoms with E-state index < -0.39 is 6.10 Å². The van der Waals surface area contributed by atoms with Gasteiger partial charge in [-0.15, -0.1) is 11.3 Å². The third-order valence-electron chi connectivity index (χ3n) is 4.51. The largest absolute Gasteiger partial charge is 0.478 e. The Hall–Kier alpha value is -2.23. The van der Waals surface area contributed by atoms with E-state index in [0.717, 1.165) is 14.9 Å². The molecule has 3 heterocycles. The fourth-order valence-corrected chi connectivity index (χ4v) is 4.26. The minimum absolute atomic E-state index is 0.0397. The highest BCUT2D eigenvalue weighted by Gasteiger charge is 2.26. The van der Waals surface area contributed by atoms with Gasteiger partial charge in [-0.1, -0.05) is 18.1 Å². The highest BCUT2D eigenvalue weighted by molar-refractivity contribution is 9.10. The summed E-state index contributed by atoms with van der Waals surface area (Å²) >= 11 is 4.98. The van der Waals surface area contributed by atoms with Crippen LogP contribution in [0.25, 0.3) is 10.7 Å². The van der Waals surface area contributed by atoms with Gasteiger partial charge in [0.05, 0.1) is 17.1 Å². The van der Waals surface area contributed by atoms with E-state index in [1.54, 1.807) is 11.3 Å². The molecule has 1 aliphatic heterocycles. The number of thiophene rings is 1. The van der Waals surface area contributed by atoms with Crippen molar-refractivity contribution in [1.82, 2.24) is 15.5 Å². The van der Waals surface area contributed by atoms with Crippen LogP contribution in [0.2, 0.25) is 0 Å². The molecule has 0 aliphatic carbocycles. The highest BCUT2D eigenvalue weighted by atomic mass is 79.9. The molecule has 2 unspecified atom stereocenters. The lowest BCUT2D eigenvalue weighted by Crippen LogP contribution is -2.36. The Morgan fingerprint density at radius 3 is 3.00 bits per heavy atom. The van der Waals surface area contributed by atoms with Crippen molar-refractivity contribution in [3.05, 3.63) is 45.6 Å². The molecule has 1 aliphatic rings. The van der Waals surface area contributed by atoms with E-state index in [0.29, 0.717) is 36.1 Å². The molecular formula is C19H19BrN4O3S. The molecule has 28 heavy (non-hydrogen) atoms. The number of amides is 1. The fourth-order valence-electron chi connectivity index (χ4n) is 2.91. The van der Waals surface area contributed by atoms with Gasteiger partial charge in [0, 0.05) is 15.9 Å². The summed E-state index contributed by atoms with van der Waals surface area (Å²) in [5.41, 5.74) is 1.75. The maximum Gasteiger partial charge on any atom is 0.265 e. The van der Waals surface area contributed by atoms with Gasteiger partial charge in [-0.2, -0.15) is 4.98 Å². The van der Waals surface area contributed by atoms with Gasteiger partial charge in [0.15, 0.2) is 6.10 Å².